The molecule has 2 N–H and O–H groups in total. The van der Waals surface area contributed by atoms with Crippen molar-refractivity contribution in [1.29, 1.82) is 0 Å². The van der Waals surface area contributed by atoms with Gasteiger partial charge in [0, 0.05) is 32.0 Å². The van der Waals surface area contributed by atoms with Crippen molar-refractivity contribution >= 4 is 11.9 Å². The largest absolute Gasteiger partial charge is 0.465 e. The van der Waals surface area contributed by atoms with Gasteiger partial charge in [0.1, 0.15) is 5.78 Å². The van der Waals surface area contributed by atoms with E-state index in [9.17, 15) is 9.59 Å². The molecule has 1 aliphatic rings. The summed E-state index contributed by atoms with van der Waals surface area (Å²) in [6.07, 6.45) is 2.36. The topological polar surface area (TPSA) is 69.6 Å². The molecule has 1 unspecified atom stereocenters. The zero-order valence-electron chi connectivity index (χ0n) is 9.74. The molecule has 0 aromatic rings. The average Bonchev–Trinajstić information content (AvgIpc) is 2.24. The second kappa shape index (κ2) is 6.48. The highest BCUT2D eigenvalue weighted by molar-refractivity contribution is 5.79. The summed E-state index contributed by atoms with van der Waals surface area (Å²) in [6.45, 7) is 4.01. The number of carbonyl (C=O) groups is 2. The molecule has 92 valence electrons. The van der Waals surface area contributed by atoms with Crippen LogP contribution in [0.1, 0.15) is 32.6 Å². The number of ketones is 1. The van der Waals surface area contributed by atoms with Crippen molar-refractivity contribution in [3.63, 3.8) is 0 Å². The van der Waals surface area contributed by atoms with Crippen LogP contribution >= 0.6 is 0 Å². The van der Waals surface area contributed by atoms with E-state index >= 15 is 0 Å². The number of hydrogen-bond acceptors (Lipinski definition) is 3. The maximum Gasteiger partial charge on any atom is 0.404 e. The maximum atomic E-state index is 11.3. The van der Waals surface area contributed by atoms with Gasteiger partial charge in [0.25, 0.3) is 0 Å². The lowest BCUT2D eigenvalue weighted by Crippen LogP contribution is -2.43. The molecular formula is C11H20N2O3. The molecule has 0 aromatic heterocycles. The first-order chi connectivity index (χ1) is 7.63. The number of nitrogens with zero attached hydrogens (tertiary/aromatic N) is 1. The molecule has 1 aliphatic carbocycles. The van der Waals surface area contributed by atoms with E-state index in [0.717, 1.165) is 19.4 Å². The Morgan fingerprint density at radius 1 is 1.62 bits per heavy atom. The molecule has 1 saturated carbocycles. The quantitative estimate of drug-likeness (QED) is 0.739. The van der Waals surface area contributed by atoms with E-state index in [1.807, 2.05) is 6.92 Å². The number of carboxylic acid groups (broad SMARTS) is 1. The molecule has 0 bridgehead atoms. The Kier molecular flexibility index (Phi) is 5.25. The standard InChI is InChI=1S/C11H20N2O3/c1-2-13(7-6-12-11(15)16)9-4-3-5-10(14)8-9/h9,12H,2-8H2,1H3,(H,15,16). The number of rotatable bonds is 5. The zero-order chi connectivity index (χ0) is 12.0. The van der Waals surface area contributed by atoms with Gasteiger partial charge in [-0.1, -0.05) is 6.92 Å². The summed E-state index contributed by atoms with van der Waals surface area (Å²) in [5.74, 6) is 0.334. The summed E-state index contributed by atoms with van der Waals surface area (Å²) in [7, 11) is 0. The second-order valence-electron chi connectivity index (χ2n) is 4.15. The number of hydrogen-bond donors (Lipinski definition) is 2. The van der Waals surface area contributed by atoms with Gasteiger partial charge in [-0.2, -0.15) is 0 Å². The van der Waals surface area contributed by atoms with Crippen LogP contribution in [0.15, 0.2) is 0 Å². The van der Waals surface area contributed by atoms with Crippen LogP contribution in [0.2, 0.25) is 0 Å². The number of amides is 1. The third-order valence-corrected chi connectivity index (χ3v) is 3.05. The molecule has 1 rings (SSSR count). The lowest BCUT2D eigenvalue weighted by atomic mass is 9.93. The van der Waals surface area contributed by atoms with Crippen molar-refractivity contribution in [2.45, 2.75) is 38.6 Å². The monoisotopic (exact) mass is 228 g/mol. The Balaban J connectivity index is 2.34. The lowest BCUT2D eigenvalue weighted by Gasteiger charge is -2.32. The first kappa shape index (κ1) is 13.0. The predicted octanol–water partition coefficient (Wildman–Crippen LogP) is 1.09. The highest BCUT2D eigenvalue weighted by Gasteiger charge is 2.23. The van der Waals surface area contributed by atoms with E-state index in [1.165, 1.54) is 0 Å². The molecule has 1 fully saturated rings. The zero-order valence-corrected chi connectivity index (χ0v) is 9.74. The fraction of sp³-hybridized carbons (Fsp3) is 0.818. The molecule has 16 heavy (non-hydrogen) atoms. The summed E-state index contributed by atoms with van der Waals surface area (Å²) in [5, 5.41) is 10.8. The Hall–Kier alpha value is -1.10. The Morgan fingerprint density at radius 3 is 2.94 bits per heavy atom. The van der Waals surface area contributed by atoms with Gasteiger partial charge in [-0.25, -0.2) is 4.79 Å². The second-order valence-corrected chi connectivity index (χ2v) is 4.15. The molecule has 0 aromatic carbocycles. The maximum absolute atomic E-state index is 11.3. The fourth-order valence-electron chi connectivity index (χ4n) is 2.22. The Labute approximate surface area is 95.8 Å². The molecule has 0 heterocycles. The minimum absolute atomic E-state index is 0.307. The van der Waals surface area contributed by atoms with E-state index in [0.29, 0.717) is 37.8 Å². The predicted molar refractivity (Wildman–Crippen MR) is 60.5 cm³/mol. The normalized spacial score (nSPS) is 21.1. The summed E-state index contributed by atoms with van der Waals surface area (Å²) in [5.41, 5.74) is 0. The third kappa shape index (κ3) is 4.18. The van der Waals surface area contributed by atoms with E-state index < -0.39 is 6.09 Å². The van der Waals surface area contributed by atoms with Crippen molar-refractivity contribution in [3.05, 3.63) is 0 Å². The van der Waals surface area contributed by atoms with Crippen molar-refractivity contribution < 1.29 is 14.7 Å². The number of nitrogens with one attached hydrogen (secondary N) is 1. The molecule has 0 radical (unpaired) electrons. The molecule has 0 aliphatic heterocycles. The van der Waals surface area contributed by atoms with Crippen LogP contribution < -0.4 is 5.32 Å². The molecule has 5 nitrogen and oxygen atoms in total. The van der Waals surface area contributed by atoms with E-state index in [1.54, 1.807) is 0 Å². The van der Waals surface area contributed by atoms with Crippen LogP contribution in [0.25, 0.3) is 0 Å². The first-order valence-corrected chi connectivity index (χ1v) is 5.86. The number of Topliss-reactive ketones (excluding diaryl/α,β-unsaturated/α-hetero) is 1. The van der Waals surface area contributed by atoms with Crippen LogP contribution in [0.3, 0.4) is 0 Å². The van der Waals surface area contributed by atoms with Crippen LogP contribution in [-0.2, 0) is 4.79 Å². The smallest absolute Gasteiger partial charge is 0.404 e. The fourth-order valence-corrected chi connectivity index (χ4v) is 2.22. The van der Waals surface area contributed by atoms with Gasteiger partial charge in [0.15, 0.2) is 0 Å². The molecular weight excluding hydrogens is 208 g/mol. The first-order valence-electron chi connectivity index (χ1n) is 5.86. The Bertz CT molecular complexity index is 256. The van der Waals surface area contributed by atoms with E-state index in [-0.39, 0.29) is 0 Å². The van der Waals surface area contributed by atoms with Gasteiger partial charge in [0.05, 0.1) is 0 Å². The number of carbonyl (C=O) groups excluding carboxylic acids is 1. The summed E-state index contributed by atoms with van der Waals surface area (Å²) in [4.78, 5) is 23.8. The Morgan fingerprint density at radius 2 is 2.38 bits per heavy atom. The highest BCUT2D eigenvalue weighted by atomic mass is 16.4. The summed E-state index contributed by atoms with van der Waals surface area (Å²) in [6, 6.07) is 0.307. The van der Waals surface area contributed by atoms with Gasteiger partial charge in [-0.15, -0.1) is 0 Å². The minimum Gasteiger partial charge on any atom is -0.465 e. The van der Waals surface area contributed by atoms with Gasteiger partial charge >= 0.3 is 6.09 Å². The van der Waals surface area contributed by atoms with Crippen LogP contribution in [0, 0.1) is 0 Å². The van der Waals surface area contributed by atoms with Crippen molar-refractivity contribution in [3.8, 4) is 0 Å². The van der Waals surface area contributed by atoms with E-state index in [2.05, 4.69) is 10.2 Å². The minimum atomic E-state index is -0.990. The third-order valence-electron chi connectivity index (χ3n) is 3.05. The summed E-state index contributed by atoms with van der Waals surface area (Å²) < 4.78 is 0. The van der Waals surface area contributed by atoms with Gasteiger partial charge in [0.2, 0.25) is 0 Å². The molecule has 5 heteroatoms. The van der Waals surface area contributed by atoms with E-state index in [4.69, 9.17) is 5.11 Å². The molecule has 0 spiro atoms. The van der Waals surface area contributed by atoms with Gasteiger partial charge < -0.3 is 10.4 Å². The van der Waals surface area contributed by atoms with Crippen molar-refractivity contribution in [1.82, 2.24) is 10.2 Å². The average molecular weight is 228 g/mol. The van der Waals surface area contributed by atoms with Crippen molar-refractivity contribution in [2.75, 3.05) is 19.6 Å². The van der Waals surface area contributed by atoms with Crippen LogP contribution in [-0.4, -0.2) is 47.6 Å². The lowest BCUT2D eigenvalue weighted by molar-refractivity contribution is -0.122. The SMILES string of the molecule is CCN(CCNC(=O)O)C1CCCC(=O)C1. The van der Waals surface area contributed by atoms with Gasteiger partial charge in [-0.3, -0.25) is 9.69 Å². The molecule has 0 saturated heterocycles. The molecule has 1 amide bonds. The van der Waals surface area contributed by atoms with Crippen molar-refractivity contribution in [2.24, 2.45) is 0 Å². The van der Waals surface area contributed by atoms with Crippen LogP contribution in [0.4, 0.5) is 4.79 Å². The van der Waals surface area contributed by atoms with Gasteiger partial charge in [-0.05, 0) is 19.4 Å². The number of likely N-dealkylation sites (N-methyl/N-ethyl adjacent to an activating group) is 1. The van der Waals surface area contributed by atoms with Crippen LogP contribution in [0.5, 0.6) is 0 Å². The summed E-state index contributed by atoms with van der Waals surface area (Å²) >= 11 is 0. The molecule has 1 atom stereocenters. The highest BCUT2D eigenvalue weighted by Crippen LogP contribution is 2.19.